The van der Waals surface area contributed by atoms with E-state index >= 15 is 0 Å². The maximum absolute atomic E-state index is 12.3. The van der Waals surface area contributed by atoms with Gasteiger partial charge in [-0.15, -0.1) is 0 Å². The van der Waals surface area contributed by atoms with Crippen molar-refractivity contribution in [3.05, 3.63) is 36.5 Å². The molecule has 1 saturated carbocycles. The Morgan fingerprint density at radius 2 is 2.00 bits per heavy atom. The summed E-state index contributed by atoms with van der Waals surface area (Å²) in [6, 6.07) is 0. The molecule has 186 valence electrons. The molecule has 1 unspecified atom stereocenters. The van der Waals surface area contributed by atoms with Crippen LogP contribution < -0.4 is 0 Å². The van der Waals surface area contributed by atoms with Crippen molar-refractivity contribution in [3.63, 3.8) is 0 Å². The monoisotopic (exact) mass is 458 g/mol. The number of aliphatic hydroxyl groups is 1. The van der Waals surface area contributed by atoms with Crippen molar-refractivity contribution in [2.45, 2.75) is 103 Å². The Labute approximate surface area is 201 Å². The molecule has 0 saturated heterocycles. The number of aliphatic hydroxyl groups excluding tert-OH is 1. The van der Waals surface area contributed by atoms with Gasteiger partial charge in [-0.1, -0.05) is 76.3 Å². The van der Waals surface area contributed by atoms with Gasteiger partial charge in [-0.2, -0.15) is 0 Å². The minimum atomic E-state index is -0.974. The van der Waals surface area contributed by atoms with Crippen molar-refractivity contribution in [1.82, 2.24) is 0 Å². The van der Waals surface area contributed by atoms with Gasteiger partial charge in [0.15, 0.2) is 11.6 Å². The van der Waals surface area contributed by atoms with Gasteiger partial charge in [-0.3, -0.25) is 9.59 Å². The first-order valence-electron chi connectivity index (χ1n) is 13.3. The second kappa shape index (κ2) is 15.4. The Bertz CT molecular complexity index is 671. The molecule has 0 aromatic carbocycles. The number of carbonyl (C=O) groups is 2. The van der Waals surface area contributed by atoms with Gasteiger partial charge >= 0.3 is 0 Å². The van der Waals surface area contributed by atoms with Crippen LogP contribution in [0.2, 0.25) is 0 Å². The van der Waals surface area contributed by atoms with Crippen LogP contribution >= 0.6 is 0 Å². The van der Waals surface area contributed by atoms with E-state index < -0.39 is 6.10 Å². The van der Waals surface area contributed by atoms with Gasteiger partial charge in [-0.05, 0) is 62.9 Å². The van der Waals surface area contributed by atoms with Gasteiger partial charge < -0.3 is 9.84 Å². The first-order chi connectivity index (χ1) is 16.0. The zero-order valence-corrected chi connectivity index (χ0v) is 21.0. The summed E-state index contributed by atoms with van der Waals surface area (Å²) in [5.74, 6) is 0.109. The molecule has 33 heavy (non-hydrogen) atoms. The standard InChI is InChI=1S/C29H46O4/c1-3-5-6-10-18-29(20-12-21-29)19-11-13-24-16-17-26(30)25(24)14-8-7-9-15-27(31)28(32)23-33-22-4-2/h7-8,11,13,16-17,24-25,27,31H,3-6,9-10,12,14-15,18-23H2,1-2H3/b8-7-,13-11+/t24-,25+,27?/m0/s1. The summed E-state index contributed by atoms with van der Waals surface area (Å²) in [6.07, 6.45) is 25.9. The first kappa shape index (κ1) is 27.7. The summed E-state index contributed by atoms with van der Waals surface area (Å²) in [5.41, 5.74) is 0.520. The molecular weight excluding hydrogens is 412 g/mol. The second-order valence-corrected chi connectivity index (χ2v) is 10.1. The minimum Gasteiger partial charge on any atom is -0.385 e. The summed E-state index contributed by atoms with van der Waals surface area (Å²) in [6.45, 7) is 4.77. The van der Waals surface area contributed by atoms with E-state index in [4.69, 9.17) is 4.74 Å². The molecule has 0 spiro atoms. The molecule has 0 radical (unpaired) electrons. The Hall–Kier alpha value is -1.52. The molecule has 4 heteroatoms. The average Bonchev–Trinajstić information content (AvgIpc) is 3.13. The van der Waals surface area contributed by atoms with Crippen LogP contribution in [0.25, 0.3) is 0 Å². The van der Waals surface area contributed by atoms with Crippen LogP contribution in [0, 0.1) is 17.3 Å². The molecule has 1 N–H and O–H groups in total. The zero-order chi connectivity index (χ0) is 23.9. The topological polar surface area (TPSA) is 63.6 Å². The average molecular weight is 459 g/mol. The Balaban J connectivity index is 1.72. The van der Waals surface area contributed by atoms with Crippen LogP contribution in [0.1, 0.15) is 97.3 Å². The maximum atomic E-state index is 12.3. The third-order valence-corrected chi connectivity index (χ3v) is 7.32. The van der Waals surface area contributed by atoms with E-state index in [-0.39, 0.29) is 30.0 Å². The quantitative estimate of drug-likeness (QED) is 0.187. The van der Waals surface area contributed by atoms with E-state index in [2.05, 4.69) is 19.1 Å². The van der Waals surface area contributed by atoms with E-state index in [0.717, 1.165) is 12.8 Å². The number of Topliss-reactive ketones (excluding diaryl/α,β-unsaturated/α-hetero) is 1. The molecule has 2 aliphatic carbocycles. The Morgan fingerprint density at radius 1 is 1.18 bits per heavy atom. The summed E-state index contributed by atoms with van der Waals surface area (Å²) >= 11 is 0. The van der Waals surface area contributed by atoms with Gasteiger partial charge in [0.25, 0.3) is 0 Å². The lowest BCUT2D eigenvalue weighted by molar-refractivity contribution is -0.132. The predicted octanol–water partition coefficient (Wildman–Crippen LogP) is 6.53. The van der Waals surface area contributed by atoms with E-state index in [1.54, 1.807) is 6.08 Å². The van der Waals surface area contributed by atoms with Gasteiger partial charge in [0, 0.05) is 18.4 Å². The van der Waals surface area contributed by atoms with E-state index in [1.165, 1.54) is 51.4 Å². The third kappa shape index (κ3) is 9.70. The highest BCUT2D eigenvalue weighted by molar-refractivity contribution is 5.95. The molecule has 0 aromatic rings. The summed E-state index contributed by atoms with van der Waals surface area (Å²) in [4.78, 5) is 24.1. The molecule has 0 bridgehead atoms. The van der Waals surface area contributed by atoms with Gasteiger partial charge in [0.2, 0.25) is 0 Å². The van der Waals surface area contributed by atoms with Crippen molar-refractivity contribution in [1.29, 1.82) is 0 Å². The predicted molar refractivity (Wildman–Crippen MR) is 135 cm³/mol. The summed E-state index contributed by atoms with van der Waals surface area (Å²) < 4.78 is 5.20. The second-order valence-electron chi connectivity index (χ2n) is 10.1. The molecule has 3 atom stereocenters. The molecule has 4 nitrogen and oxygen atoms in total. The molecule has 0 aromatic heterocycles. The van der Waals surface area contributed by atoms with Crippen LogP contribution in [0.15, 0.2) is 36.5 Å². The fourth-order valence-corrected chi connectivity index (χ4v) is 4.95. The summed E-state index contributed by atoms with van der Waals surface area (Å²) in [5, 5.41) is 9.94. The lowest BCUT2D eigenvalue weighted by atomic mass is 9.64. The smallest absolute Gasteiger partial charge is 0.186 e. The van der Waals surface area contributed by atoms with Crippen molar-refractivity contribution in [2.24, 2.45) is 17.3 Å². The number of carbonyl (C=O) groups excluding carboxylic acids is 2. The SMILES string of the molecule is CCCCCCC1(C/C=C/[C@H]2C=CC(=O)[C@@H]2C/C=C\CCC(O)C(=O)COCCC)CCC1. The third-order valence-electron chi connectivity index (χ3n) is 7.32. The van der Waals surface area contributed by atoms with Crippen LogP contribution in [0.4, 0.5) is 0 Å². The molecule has 2 aliphatic rings. The largest absolute Gasteiger partial charge is 0.385 e. The number of allylic oxidation sites excluding steroid dienone is 6. The molecule has 1 fully saturated rings. The first-order valence-corrected chi connectivity index (χ1v) is 13.3. The van der Waals surface area contributed by atoms with Crippen LogP contribution in [-0.2, 0) is 14.3 Å². The highest BCUT2D eigenvalue weighted by Crippen LogP contribution is 2.48. The highest BCUT2D eigenvalue weighted by atomic mass is 16.5. The number of unbranched alkanes of at least 4 members (excludes halogenated alkanes) is 3. The molecule has 0 amide bonds. The van der Waals surface area contributed by atoms with Gasteiger partial charge in [-0.25, -0.2) is 0 Å². The molecule has 2 rings (SSSR count). The Kier molecular flexibility index (Phi) is 12.9. The van der Waals surface area contributed by atoms with Gasteiger partial charge in [0.05, 0.1) is 0 Å². The lowest BCUT2D eigenvalue weighted by Crippen LogP contribution is -2.28. The molecular formula is C29H46O4. The molecule has 0 aliphatic heterocycles. The zero-order valence-electron chi connectivity index (χ0n) is 21.0. The number of ether oxygens (including phenoxy) is 1. The molecule has 0 heterocycles. The Morgan fingerprint density at radius 3 is 2.70 bits per heavy atom. The number of hydrogen-bond acceptors (Lipinski definition) is 4. The maximum Gasteiger partial charge on any atom is 0.186 e. The van der Waals surface area contributed by atoms with E-state index in [0.29, 0.717) is 31.3 Å². The van der Waals surface area contributed by atoms with E-state index in [1.807, 2.05) is 25.2 Å². The van der Waals surface area contributed by atoms with Crippen LogP contribution in [0.3, 0.4) is 0 Å². The van der Waals surface area contributed by atoms with Crippen molar-refractivity contribution in [3.8, 4) is 0 Å². The van der Waals surface area contributed by atoms with E-state index in [9.17, 15) is 14.7 Å². The minimum absolute atomic E-state index is 0.0188. The van der Waals surface area contributed by atoms with Crippen molar-refractivity contribution >= 4 is 11.6 Å². The summed E-state index contributed by atoms with van der Waals surface area (Å²) in [7, 11) is 0. The van der Waals surface area contributed by atoms with Gasteiger partial charge in [0.1, 0.15) is 12.7 Å². The van der Waals surface area contributed by atoms with Crippen LogP contribution in [-0.4, -0.2) is 36.0 Å². The van der Waals surface area contributed by atoms with Crippen LogP contribution in [0.5, 0.6) is 0 Å². The van der Waals surface area contributed by atoms with Crippen molar-refractivity contribution in [2.75, 3.05) is 13.2 Å². The fraction of sp³-hybridized carbons (Fsp3) is 0.724. The number of ketones is 2. The number of hydrogen-bond donors (Lipinski definition) is 1. The highest BCUT2D eigenvalue weighted by Gasteiger charge is 2.35. The van der Waals surface area contributed by atoms with Crippen molar-refractivity contribution < 1.29 is 19.4 Å². The normalized spacial score (nSPS) is 22.9. The fourth-order valence-electron chi connectivity index (χ4n) is 4.95. The lowest BCUT2D eigenvalue weighted by Gasteiger charge is -2.42. The number of rotatable bonds is 18.